The Hall–Kier alpha value is -4.46. The molecule has 0 aliphatic rings. The number of halogens is 1. The first-order valence-electron chi connectivity index (χ1n) is 14.4. The van der Waals surface area contributed by atoms with Gasteiger partial charge in [0.25, 0.3) is 5.91 Å². The number of carbonyl (C=O) groups excluding carboxylic acids is 2. The summed E-state index contributed by atoms with van der Waals surface area (Å²) in [5.74, 6) is -0.291. The van der Waals surface area contributed by atoms with Crippen molar-refractivity contribution in [2.75, 3.05) is 19.7 Å². The van der Waals surface area contributed by atoms with Crippen LogP contribution in [0.15, 0.2) is 88.3 Å². The number of para-hydroxylation sites is 1. The summed E-state index contributed by atoms with van der Waals surface area (Å²) in [7, 11) is 0. The van der Waals surface area contributed by atoms with Crippen molar-refractivity contribution in [1.82, 2.24) is 9.80 Å². The second kappa shape index (κ2) is 15.0. The summed E-state index contributed by atoms with van der Waals surface area (Å²) in [6.45, 7) is 5.06. The summed E-state index contributed by atoms with van der Waals surface area (Å²) in [5.41, 5.74) is 1.70. The number of rotatable bonds is 14. The summed E-state index contributed by atoms with van der Waals surface area (Å²) in [5, 5.41) is 0.422. The van der Waals surface area contributed by atoms with E-state index in [1.807, 2.05) is 6.92 Å². The highest BCUT2D eigenvalue weighted by atomic mass is 19.1. The smallest absolute Gasteiger partial charge is 0.254 e. The van der Waals surface area contributed by atoms with Crippen LogP contribution < -0.4 is 10.2 Å². The number of nitrogens with zero attached hydrogens (tertiary/aromatic N) is 2. The molecule has 0 spiro atoms. The fraction of sp³-hybridized carbons (Fsp3) is 0.324. The van der Waals surface area contributed by atoms with Crippen molar-refractivity contribution < 1.29 is 23.1 Å². The highest BCUT2D eigenvalue weighted by molar-refractivity contribution is 5.96. The van der Waals surface area contributed by atoms with E-state index < -0.39 is 0 Å². The van der Waals surface area contributed by atoms with E-state index in [4.69, 9.17) is 9.15 Å². The van der Waals surface area contributed by atoms with Crippen LogP contribution in [0.2, 0.25) is 0 Å². The molecule has 0 fully saturated rings. The molecule has 3 aromatic carbocycles. The number of carbonyl (C=O) groups is 2. The Kier molecular flexibility index (Phi) is 10.9. The third-order valence-electron chi connectivity index (χ3n) is 7.01. The van der Waals surface area contributed by atoms with Crippen LogP contribution in [0, 0.1) is 5.82 Å². The minimum absolute atomic E-state index is 0.0248. The number of amides is 2. The molecule has 0 saturated heterocycles. The Morgan fingerprint density at radius 2 is 1.57 bits per heavy atom. The highest BCUT2D eigenvalue weighted by Crippen LogP contribution is 2.17. The van der Waals surface area contributed by atoms with Crippen molar-refractivity contribution in [3.63, 3.8) is 0 Å². The van der Waals surface area contributed by atoms with Gasteiger partial charge in [-0.1, -0.05) is 51.0 Å². The molecule has 0 aliphatic heterocycles. The molecule has 220 valence electrons. The highest BCUT2D eigenvalue weighted by Gasteiger charge is 2.24. The van der Waals surface area contributed by atoms with E-state index in [2.05, 4.69) is 6.92 Å². The molecule has 4 rings (SSSR count). The number of benzene rings is 3. The third kappa shape index (κ3) is 8.06. The van der Waals surface area contributed by atoms with Crippen molar-refractivity contribution in [1.29, 1.82) is 0 Å². The monoisotopic (exact) mass is 572 g/mol. The number of ether oxygens (including phenoxy) is 1. The zero-order valence-electron chi connectivity index (χ0n) is 24.2. The van der Waals surface area contributed by atoms with Gasteiger partial charge in [0.15, 0.2) is 5.43 Å². The summed E-state index contributed by atoms with van der Waals surface area (Å²) in [6.07, 6.45) is 4.92. The van der Waals surface area contributed by atoms with Crippen LogP contribution in [0.3, 0.4) is 0 Å². The number of fused-ring (bicyclic) bond motifs is 1. The molecule has 1 heterocycles. The second-order valence-electron chi connectivity index (χ2n) is 10.3. The molecule has 0 aliphatic carbocycles. The summed E-state index contributed by atoms with van der Waals surface area (Å²) in [6, 6.07) is 19.7. The van der Waals surface area contributed by atoms with Gasteiger partial charge in [0.05, 0.1) is 30.4 Å². The van der Waals surface area contributed by atoms with E-state index in [0.717, 1.165) is 25.7 Å². The average Bonchev–Trinajstić information content (AvgIpc) is 3.01. The van der Waals surface area contributed by atoms with Gasteiger partial charge in [-0.05, 0) is 66.9 Å². The quantitative estimate of drug-likeness (QED) is 0.160. The third-order valence-corrected chi connectivity index (χ3v) is 7.01. The van der Waals surface area contributed by atoms with Gasteiger partial charge in [0, 0.05) is 18.7 Å². The zero-order chi connectivity index (χ0) is 29.9. The van der Waals surface area contributed by atoms with Gasteiger partial charge in [0.1, 0.15) is 23.7 Å². The van der Waals surface area contributed by atoms with Crippen LogP contribution in [0.25, 0.3) is 11.0 Å². The fourth-order valence-electron chi connectivity index (χ4n) is 4.55. The van der Waals surface area contributed by atoms with Gasteiger partial charge >= 0.3 is 0 Å². The normalized spacial score (nSPS) is 10.9. The van der Waals surface area contributed by atoms with E-state index >= 15 is 0 Å². The standard InChI is InChI=1S/C34H37FN2O5/c1-3-5-19-36(34(40)26-13-17-29(18-14-26)41-20-6-4-2)23-32(38)37(21-25-11-15-28(35)16-12-25)22-27-24-42-31-10-8-7-9-30(31)33(27)39/h7-18,24H,3-6,19-23H2,1-2H3. The van der Waals surface area contributed by atoms with Crippen LogP contribution in [0.4, 0.5) is 4.39 Å². The lowest BCUT2D eigenvalue weighted by molar-refractivity contribution is -0.133. The van der Waals surface area contributed by atoms with Gasteiger partial charge in [-0.15, -0.1) is 0 Å². The minimum atomic E-state index is -0.384. The van der Waals surface area contributed by atoms with Crippen LogP contribution in [-0.2, 0) is 17.9 Å². The SMILES string of the molecule is CCCCOc1ccc(C(=O)N(CCCC)CC(=O)N(Cc2ccc(F)cc2)Cc2coc3ccccc3c2=O)cc1. The molecule has 0 atom stereocenters. The molecule has 0 unspecified atom stereocenters. The van der Waals surface area contributed by atoms with Gasteiger partial charge in [-0.3, -0.25) is 14.4 Å². The molecule has 0 bridgehead atoms. The molecular formula is C34H37FN2O5. The van der Waals surface area contributed by atoms with E-state index in [1.54, 1.807) is 65.6 Å². The molecule has 42 heavy (non-hydrogen) atoms. The zero-order valence-corrected chi connectivity index (χ0v) is 24.2. The molecule has 2 amide bonds. The Labute approximate surface area is 245 Å². The van der Waals surface area contributed by atoms with Crippen LogP contribution in [0.1, 0.15) is 61.0 Å². The van der Waals surface area contributed by atoms with Gasteiger partial charge in [0.2, 0.25) is 5.91 Å². The largest absolute Gasteiger partial charge is 0.494 e. The topological polar surface area (TPSA) is 80.1 Å². The Morgan fingerprint density at radius 1 is 0.857 bits per heavy atom. The van der Waals surface area contributed by atoms with E-state index in [-0.39, 0.29) is 42.7 Å². The number of unbranched alkanes of at least 4 members (excludes halogenated alkanes) is 2. The van der Waals surface area contributed by atoms with Gasteiger partial charge < -0.3 is 19.0 Å². The fourth-order valence-corrected chi connectivity index (χ4v) is 4.55. The van der Waals surface area contributed by atoms with Crippen molar-refractivity contribution in [3.8, 4) is 5.75 Å². The molecule has 0 N–H and O–H groups in total. The molecule has 1 aromatic heterocycles. The summed E-state index contributed by atoms with van der Waals surface area (Å²) < 4.78 is 25.0. The van der Waals surface area contributed by atoms with Crippen LogP contribution in [0.5, 0.6) is 5.75 Å². The van der Waals surface area contributed by atoms with E-state index in [1.165, 1.54) is 23.3 Å². The molecular weight excluding hydrogens is 535 g/mol. The lowest BCUT2D eigenvalue weighted by Crippen LogP contribution is -2.43. The first-order valence-corrected chi connectivity index (χ1v) is 14.4. The average molecular weight is 573 g/mol. The number of hydrogen-bond donors (Lipinski definition) is 0. The minimum Gasteiger partial charge on any atom is -0.494 e. The van der Waals surface area contributed by atoms with Crippen LogP contribution in [-0.4, -0.2) is 41.3 Å². The van der Waals surface area contributed by atoms with Gasteiger partial charge in [-0.2, -0.15) is 0 Å². The van der Waals surface area contributed by atoms with E-state index in [9.17, 15) is 18.8 Å². The lowest BCUT2D eigenvalue weighted by Gasteiger charge is -2.28. The molecule has 0 radical (unpaired) electrons. The predicted molar refractivity (Wildman–Crippen MR) is 161 cm³/mol. The summed E-state index contributed by atoms with van der Waals surface area (Å²) in [4.78, 5) is 43.6. The maximum atomic E-state index is 13.8. The molecule has 4 aromatic rings. The van der Waals surface area contributed by atoms with Crippen molar-refractivity contribution in [2.45, 2.75) is 52.6 Å². The Bertz CT molecular complexity index is 1530. The Morgan fingerprint density at radius 3 is 2.29 bits per heavy atom. The van der Waals surface area contributed by atoms with Gasteiger partial charge in [-0.25, -0.2) is 4.39 Å². The molecule has 8 heteroatoms. The predicted octanol–water partition coefficient (Wildman–Crippen LogP) is 6.58. The second-order valence-corrected chi connectivity index (χ2v) is 10.3. The maximum Gasteiger partial charge on any atom is 0.254 e. The molecule has 0 saturated carbocycles. The first kappa shape index (κ1) is 30.5. The van der Waals surface area contributed by atoms with Crippen molar-refractivity contribution in [2.24, 2.45) is 0 Å². The van der Waals surface area contributed by atoms with E-state index in [0.29, 0.717) is 46.6 Å². The van der Waals surface area contributed by atoms with Crippen molar-refractivity contribution >= 4 is 22.8 Å². The lowest BCUT2D eigenvalue weighted by atomic mass is 10.1. The van der Waals surface area contributed by atoms with Crippen LogP contribution >= 0.6 is 0 Å². The Balaban J connectivity index is 1.57. The first-order chi connectivity index (χ1) is 20.4. The van der Waals surface area contributed by atoms with Crippen molar-refractivity contribution in [3.05, 3.63) is 112 Å². The summed E-state index contributed by atoms with van der Waals surface area (Å²) >= 11 is 0. The molecule has 7 nitrogen and oxygen atoms in total. The maximum absolute atomic E-state index is 13.8. The number of hydrogen-bond acceptors (Lipinski definition) is 5.